The van der Waals surface area contributed by atoms with Crippen LogP contribution in [0, 0.1) is 0 Å². The number of hydrogen-bond donors (Lipinski definition) is 4. The van der Waals surface area contributed by atoms with E-state index in [1.807, 2.05) is 6.07 Å². The highest BCUT2D eigenvalue weighted by Gasteiger charge is 2.28. The second-order valence-corrected chi connectivity index (χ2v) is 12.0. The van der Waals surface area contributed by atoms with Crippen molar-refractivity contribution in [1.29, 1.82) is 0 Å². The first-order valence-electron chi connectivity index (χ1n) is 10.4. The third kappa shape index (κ3) is 6.30. The summed E-state index contributed by atoms with van der Waals surface area (Å²) in [6.07, 6.45) is 0. The fraction of sp³-hybridized carbons (Fsp3) is 0. The van der Waals surface area contributed by atoms with Gasteiger partial charge in [0.05, 0.1) is 22.0 Å². The molecule has 0 heterocycles. The summed E-state index contributed by atoms with van der Waals surface area (Å²) in [5.41, 5.74) is 0.295. The number of phenolic OH excluding ortho intramolecular Hbond substituents is 1. The standard InChI is InChI=1S/C22H16N4O10S3/c27-22-19(39(34,35)36)11-13-10-17(37(28,29)30)12-18(38(31,32)33)20(13)21(22)26-25-16-8-6-15(7-9-16)24-23-14-4-2-1-3-5-14/h1-12,27H,(H,28,29,30)(H,31,32,33)(H,34,35,36). The van der Waals surface area contributed by atoms with E-state index in [9.17, 15) is 44.0 Å². The second-order valence-electron chi connectivity index (χ2n) is 7.77. The molecular weight excluding hydrogens is 576 g/mol. The van der Waals surface area contributed by atoms with Crippen LogP contribution in [0.1, 0.15) is 0 Å². The van der Waals surface area contributed by atoms with E-state index >= 15 is 0 Å². The second kappa shape index (κ2) is 10.2. The molecule has 14 nitrogen and oxygen atoms in total. The van der Waals surface area contributed by atoms with Crippen molar-refractivity contribution in [2.75, 3.05) is 0 Å². The number of hydrogen-bond acceptors (Lipinski definition) is 11. The Kier molecular flexibility index (Phi) is 7.30. The quantitative estimate of drug-likeness (QED) is 0.163. The minimum absolute atomic E-state index is 0.112. The summed E-state index contributed by atoms with van der Waals surface area (Å²) in [5, 5.41) is 25.0. The Bertz CT molecular complexity index is 1980. The van der Waals surface area contributed by atoms with E-state index in [0.717, 1.165) is 0 Å². The van der Waals surface area contributed by atoms with Crippen molar-refractivity contribution in [3.8, 4) is 5.75 Å². The summed E-state index contributed by atoms with van der Waals surface area (Å²) in [4.78, 5) is -3.34. The van der Waals surface area contributed by atoms with Crippen molar-refractivity contribution in [3.05, 3.63) is 72.8 Å². The minimum Gasteiger partial charge on any atom is -0.504 e. The zero-order valence-electron chi connectivity index (χ0n) is 19.2. The summed E-state index contributed by atoms with van der Waals surface area (Å²) in [7, 11) is -15.5. The molecular formula is C22H16N4O10S3. The highest BCUT2D eigenvalue weighted by atomic mass is 32.2. The Hall–Kier alpha value is -4.13. The van der Waals surface area contributed by atoms with Crippen LogP contribution in [-0.2, 0) is 30.4 Å². The molecule has 4 rings (SSSR count). The van der Waals surface area contributed by atoms with E-state index in [2.05, 4.69) is 20.5 Å². The third-order valence-electron chi connectivity index (χ3n) is 5.09. The van der Waals surface area contributed by atoms with E-state index in [1.165, 1.54) is 24.3 Å². The minimum atomic E-state index is -5.24. The normalized spacial score (nSPS) is 13.0. The van der Waals surface area contributed by atoms with Gasteiger partial charge in [-0.15, -0.1) is 5.11 Å². The van der Waals surface area contributed by atoms with Crippen LogP contribution in [0.15, 0.2) is 108 Å². The molecule has 0 aliphatic rings. The Morgan fingerprint density at radius 3 is 1.51 bits per heavy atom. The van der Waals surface area contributed by atoms with Crippen LogP contribution < -0.4 is 0 Å². The molecule has 202 valence electrons. The smallest absolute Gasteiger partial charge is 0.298 e. The van der Waals surface area contributed by atoms with Crippen molar-refractivity contribution in [2.24, 2.45) is 20.5 Å². The molecule has 0 unspecified atom stereocenters. The Labute approximate surface area is 221 Å². The fourth-order valence-electron chi connectivity index (χ4n) is 3.37. The SMILES string of the molecule is O=S(=O)(O)c1cc(S(=O)(=O)O)c2c(N=Nc3ccc(N=Nc4ccccc4)cc3)c(O)c(S(=O)(=O)O)cc2c1. The predicted molar refractivity (Wildman–Crippen MR) is 136 cm³/mol. The first-order valence-corrected chi connectivity index (χ1v) is 14.7. The van der Waals surface area contributed by atoms with Gasteiger partial charge in [-0.05, 0) is 60.0 Å². The van der Waals surface area contributed by atoms with Crippen LogP contribution in [-0.4, -0.2) is 44.0 Å². The maximum Gasteiger partial charge on any atom is 0.298 e. The van der Waals surface area contributed by atoms with Gasteiger partial charge in [-0.1, -0.05) is 18.2 Å². The van der Waals surface area contributed by atoms with Crippen LogP contribution in [0.2, 0.25) is 0 Å². The molecule has 4 aromatic rings. The summed E-state index contributed by atoms with van der Waals surface area (Å²) in [5.74, 6) is -1.24. The van der Waals surface area contributed by atoms with Gasteiger partial charge < -0.3 is 5.11 Å². The Balaban J connectivity index is 1.88. The number of phenols is 1. The molecule has 0 saturated heterocycles. The van der Waals surface area contributed by atoms with Crippen LogP contribution >= 0.6 is 0 Å². The molecule has 4 N–H and O–H groups in total. The predicted octanol–water partition coefficient (Wildman–Crippen LogP) is 5.12. The molecule has 0 aliphatic heterocycles. The Morgan fingerprint density at radius 1 is 0.538 bits per heavy atom. The van der Waals surface area contributed by atoms with Crippen LogP contribution in [0.5, 0.6) is 5.75 Å². The molecule has 4 aromatic carbocycles. The largest absolute Gasteiger partial charge is 0.504 e. The summed E-state index contributed by atoms with van der Waals surface area (Å²) in [6.45, 7) is 0. The average molecular weight is 593 g/mol. The first kappa shape index (κ1) is 27.9. The summed E-state index contributed by atoms with van der Waals surface area (Å²) >= 11 is 0. The molecule has 0 fully saturated rings. The molecule has 39 heavy (non-hydrogen) atoms. The highest BCUT2D eigenvalue weighted by molar-refractivity contribution is 7.87. The van der Waals surface area contributed by atoms with E-state index in [1.54, 1.807) is 24.3 Å². The van der Waals surface area contributed by atoms with E-state index in [4.69, 9.17) is 0 Å². The van der Waals surface area contributed by atoms with Gasteiger partial charge in [0.25, 0.3) is 30.4 Å². The molecule has 17 heteroatoms. The highest BCUT2D eigenvalue weighted by Crippen LogP contribution is 2.44. The van der Waals surface area contributed by atoms with Gasteiger partial charge in [0, 0.05) is 5.39 Å². The number of benzene rings is 4. The molecule has 0 bridgehead atoms. The van der Waals surface area contributed by atoms with E-state index < -0.39 is 67.3 Å². The third-order valence-corrected chi connectivity index (χ3v) is 7.67. The first-order chi connectivity index (χ1) is 18.1. The maximum absolute atomic E-state index is 12.1. The molecule has 0 spiro atoms. The van der Waals surface area contributed by atoms with Gasteiger partial charge in [0.15, 0.2) is 5.75 Å². The van der Waals surface area contributed by atoms with Gasteiger partial charge in [-0.25, -0.2) is 0 Å². The molecule has 0 radical (unpaired) electrons. The Morgan fingerprint density at radius 2 is 1.03 bits per heavy atom. The number of aromatic hydroxyl groups is 1. The number of fused-ring (bicyclic) bond motifs is 1. The molecule has 0 aliphatic carbocycles. The van der Waals surface area contributed by atoms with Crippen LogP contribution in [0.4, 0.5) is 22.7 Å². The summed E-state index contributed by atoms with van der Waals surface area (Å²) < 4.78 is 99.9. The number of azo groups is 2. The average Bonchev–Trinajstić information content (AvgIpc) is 2.85. The maximum atomic E-state index is 12.1. The lowest BCUT2D eigenvalue weighted by atomic mass is 10.1. The number of nitrogens with zero attached hydrogens (tertiary/aromatic N) is 4. The zero-order chi connectivity index (χ0) is 28.6. The van der Waals surface area contributed by atoms with Crippen LogP contribution in [0.3, 0.4) is 0 Å². The lowest BCUT2D eigenvalue weighted by molar-refractivity contribution is 0.445. The van der Waals surface area contributed by atoms with Crippen molar-refractivity contribution in [3.63, 3.8) is 0 Å². The molecule has 0 atom stereocenters. The van der Waals surface area contributed by atoms with Crippen molar-refractivity contribution in [1.82, 2.24) is 0 Å². The molecule has 0 aromatic heterocycles. The van der Waals surface area contributed by atoms with Gasteiger partial charge >= 0.3 is 0 Å². The molecule has 0 saturated carbocycles. The molecule has 0 amide bonds. The van der Waals surface area contributed by atoms with Crippen molar-refractivity contribution >= 4 is 63.9 Å². The van der Waals surface area contributed by atoms with E-state index in [0.29, 0.717) is 29.6 Å². The van der Waals surface area contributed by atoms with Gasteiger partial charge in [-0.3, -0.25) is 13.7 Å². The summed E-state index contributed by atoms with van der Waals surface area (Å²) in [6, 6.07) is 16.2. The lowest BCUT2D eigenvalue weighted by Gasteiger charge is -2.12. The van der Waals surface area contributed by atoms with Crippen molar-refractivity contribution in [2.45, 2.75) is 14.7 Å². The van der Waals surface area contributed by atoms with Gasteiger partial charge in [-0.2, -0.15) is 40.6 Å². The van der Waals surface area contributed by atoms with E-state index in [-0.39, 0.29) is 5.69 Å². The zero-order valence-corrected chi connectivity index (χ0v) is 21.6. The lowest BCUT2D eigenvalue weighted by Crippen LogP contribution is -2.06. The monoisotopic (exact) mass is 592 g/mol. The van der Waals surface area contributed by atoms with Gasteiger partial charge in [0.2, 0.25) is 0 Å². The van der Waals surface area contributed by atoms with Crippen LogP contribution in [0.25, 0.3) is 10.8 Å². The fourth-order valence-corrected chi connectivity index (χ4v) is 5.36. The van der Waals surface area contributed by atoms with Gasteiger partial charge in [0.1, 0.15) is 15.5 Å². The number of rotatable bonds is 7. The topological polar surface area (TPSA) is 233 Å². The van der Waals surface area contributed by atoms with Crippen molar-refractivity contribution < 1.29 is 44.0 Å².